The number of anilines is 3. The van der Waals surface area contributed by atoms with Crippen molar-refractivity contribution in [2.45, 2.75) is 4.90 Å². The van der Waals surface area contributed by atoms with E-state index in [0.717, 1.165) is 0 Å². The maximum atomic E-state index is 12.8. The fourth-order valence-electron chi connectivity index (χ4n) is 2.87. The Bertz CT molecular complexity index is 1390. The Morgan fingerprint density at radius 2 is 1.45 bits per heavy atom. The molecule has 0 spiro atoms. The lowest BCUT2D eigenvalue weighted by Gasteiger charge is -2.14. The molecule has 4 aromatic rings. The second-order valence-corrected chi connectivity index (χ2v) is 8.17. The van der Waals surface area contributed by atoms with Crippen LogP contribution in [0.25, 0.3) is 11.0 Å². The predicted octanol–water partition coefficient (Wildman–Crippen LogP) is 3.58. The molecule has 0 unspecified atom stereocenters. The van der Waals surface area contributed by atoms with Gasteiger partial charge in [-0.3, -0.25) is 4.72 Å². The summed E-state index contributed by atoms with van der Waals surface area (Å²) in [5.41, 5.74) is 1.02. The van der Waals surface area contributed by atoms with Crippen LogP contribution < -0.4 is 10.0 Å². The molecule has 4 N–H and O–H groups in total. The summed E-state index contributed by atoms with van der Waals surface area (Å²) in [6.45, 7) is 0. The summed E-state index contributed by atoms with van der Waals surface area (Å²) >= 11 is 0. The molecule has 0 fully saturated rings. The molecule has 0 aliphatic rings. The van der Waals surface area contributed by atoms with Crippen LogP contribution in [0.15, 0.2) is 77.7 Å². The summed E-state index contributed by atoms with van der Waals surface area (Å²) in [6.07, 6.45) is 0. The Morgan fingerprint density at radius 1 is 0.839 bits per heavy atom. The van der Waals surface area contributed by atoms with Crippen molar-refractivity contribution in [1.29, 1.82) is 0 Å². The van der Waals surface area contributed by atoms with Gasteiger partial charge in [-0.2, -0.15) is 0 Å². The number of sulfonamides is 1. The highest BCUT2D eigenvalue weighted by molar-refractivity contribution is 7.92. The molecule has 10 heteroatoms. The first-order chi connectivity index (χ1) is 14.8. The number of benzene rings is 3. The summed E-state index contributed by atoms with van der Waals surface area (Å²) in [6, 6.07) is 18.6. The summed E-state index contributed by atoms with van der Waals surface area (Å²) < 4.78 is 28.0. The van der Waals surface area contributed by atoms with E-state index in [1.807, 2.05) is 0 Å². The minimum absolute atomic E-state index is 0.0515. The van der Waals surface area contributed by atoms with E-state index in [-0.39, 0.29) is 22.1 Å². The van der Waals surface area contributed by atoms with Crippen LogP contribution in [0.3, 0.4) is 0 Å². The van der Waals surface area contributed by atoms with Crippen LogP contribution in [0, 0.1) is 0 Å². The van der Waals surface area contributed by atoms with Gasteiger partial charge in [-0.25, -0.2) is 23.2 Å². The van der Waals surface area contributed by atoms with Crippen LogP contribution in [0.1, 0.15) is 10.4 Å². The van der Waals surface area contributed by atoms with Crippen molar-refractivity contribution in [2.75, 3.05) is 10.0 Å². The molecular weight excluding hydrogens is 420 g/mol. The third-order valence-corrected chi connectivity index (χ3v) is 5.70. The van der Waals surface area contributed by atoms with Gasteiger partial charge in [-0.15, -0.1) is 0 Å². The Labute approximate surface area is 177 Å². The molecule has 0 atom stereocenters. The summed E-state index contributed by atoms with van der Waals surface area (Å²) in [5, 5.41) is 21.9. The van der Waals surface area contributed by atoms with Gasteiger partial charge >= 0.3 is 5.97 Å². The fraction of sp³-hybridized carbons (Fsp3) is 0. The Morgan fingerprint density at radius 3 is 2.06 bits per heavy atom. The van der Waals surface area contributed by atoms with E-state index in [4.69, 9.17) is 5.11 Å². The van der Waals surface area contributed by atoms with Crippen LogP contribution in [-0.4, -0.2) is 34.6 Å². The third-order valence-electron chi connectivity index (χ3n) is 4.35. The normalized spacial score (nSPS) is 11.2. The highest BCUT2D eigenvalue weighted by atomic mass is 32.2. The topological polar surface area (TPSA) is 142 Å². The first kappa shape index (κ1) is 20.1. The predicted molar refractivity (Wildman–Crippen MR) is 115 cm³/mol. The van der Waals surface area contributed by atoms with Crippen LogP contribution in [0.5, 0.6) is 5.75 Å². The quantitative estimate of drug-likeness (QED) is 0.359. The Hall–Kier alpha value is -4.18. The molecule has 0 radical (unpaired) electrons. The third kappa shape index (κ3) is 4.23. The van der Waals surface area contributed by atoms with Crippen molar-refractivity contribution in [3.63, 3.8) is 0 Å². The van der Waals surface area contributed by atoms with E-state index in [2.05, 4.69) is 20.0 Å². The minimum Gasteiger partial charge on any atom is -0.507 e. The summed E-state index contributed by atoms with van der Waals surface area (Å²) in [4.78, 5) is 20.0. The number of carboxylic acids is 1. The molecule has 0 bridgehead atoms. The van der Waals surface area contributed by atoms with E-state index >= 15 is 0 Å². The van der Waals surface area contributed by atoms with E-state index < -0.39 is 21.7 Å². The Balaban J connectivity index is 1.77. The minimum atomic E-state index is -3.94. The van der Waals surface area contributed by atoms with Crippen molar-refractivity contribution < 1.29 is 23.4 Å². The molecule has 31 heavy (non-hydrogen) atoms. The molecule has 0 amide bonds. The van der Waals surface area contributed by atoms with Crippen molar-refractivity contribution in [3.05, 3.63) is 78.4 Å². The van der Waals surface area contributed by atoms with Crippen molar-refractivity contribution in [3.8, 4) is 5.75 Å². The number of nitrogens with zero attached hydrogens (tertiary/aromatic N) is 2. The molecule has 0 aliphatic carbocycles. The number of carboxylic acid groups (broad SMARTS) is 1. The maximum Gasteiger partial charge on any atom is 0.339 e. The fourth-order valence-corrected chi connectivity index (χ4v) is 3.90. The SMILES string of the molecule is O=C(O)c1ccc(Nc2nc3ccccc3nc2NS(=O)(=O)c2ccccc2)cc1O. The number of aromatic carboxylic acids is 1. The largest absolute Gasteiger partial charge is 0.507 e. The Kier molecular flexibility index (Phi) is 5.14. The molecule has 3 aromatic carbocycles. The maximum absolute atomic E-state index is 12.8. The van der Waals surface area contributed by atoms with Gasteiger partial charge in [0.15, 0.2) is 11.6 Å². The highest BCUT2D eigenvalue weighted by Crippen LogP contribution is 2.29. The number of carbonyl (C=O) groups is 1. The van der Waals surface area contributed by atoms with E-state index in [0.29, 0.717) is 16.7 Å². The molecule has 156 valence electrons. The van der Waals surface area contributed by atoms with Crippen LogP contribution >= 0.6 is 0 Å². The number of para-hydroxylation sites is 2. The van der Waals surface area contributed by atoms with Gasteiger partial charge in [-0.05, 0) is 36.4 Å². The van der Waals surface area contributed by atoms with Gasteiger partial charge in [0.25, 0.3) is 10.0 Å². The van der Waals surface area contributed by atoms with E-state index in [1.165, 1.54) is 30.3 Å². The zero-order chi connectivity index (χ0) is 22.0. The molecule has 0 saturated carbocycles. The number of aromatic hydroxyl groups is 1. The molecular formula is C21H16N4O5S. The zero-order valence-corrected chi connectivity index (χ0v) is 16.7. The first-order valence-electron chi connectivity index (χ1n) is 9.01. The lowest BCUT2D eigenvalue weighted by Crippen LogP contribution is -2.16. The number of rotatable bonds is 6. The van der Waals surface area contributed by atoms with Gasteiger partial charge < -0.3 is 15.5 Å². The van der Waals surface area contributed by atoms with Gasteiger partial charge in [0.2, 0.25) is 0 Å². The van der Waals surface area contributed by atoms with Gasteiger partial charge in [0, 0.05) is 11.8 Å². The van der Waals surface area contributed by atoms with Crippen molar-refractivity contribution in [2.24, 2.45) is 0 Å². The molecule has 0 saturated heterocycles. The van der Waals surface area contributed by atoms with Crippen LogP contribution in [0.4, 0.5) is 17.3 Å². The number of hydrogen-bond acceptors (Lipinski definition) is 7. The van der Waals surface area contributed by atoms with Crippen LogP contribution in [0.2, 0.25) is 0 Å². The second-order valence-electron chi connectivity index (χ2n) is 6.49. The summed E-state index contributed by atoms with van der Waals surface area (Å²) in [7, 11) is -3.94. The average molecular weight is 436 g/mol. The van der Waals surface area contributed by atoms with Crippen molar-refractivity contribution in [1.82, 2.24) is 9.97 Å². The number of nitrogens with one attached hydrogen (secondary N) is 2. The first-order valence-corrected chi connectivity index (χ1v) is 10.5. The van der Waals surface area contributed by atoms with Gasteiger partial charge in [0.1, 0.15) is 11.3 Å². The highest BCUT2D eigenvalue weighted by Gasteiger charge is 2.19. The zero-order valence-electron chi connectivity index (χ0n) is 15.9. The lowest BCUT2D eigenvalue weighted by molar-refractivity contribution is 0.0693. The monoisotopic (exact) mass is 436 g/mol. The number of fused-ring (bicyclic) bond motifs is 1. The van der Waals surface area contributed by atoms with Gasteiger partial charge in [-0.1, -0.05) is 30.3 Å². The molecule has 9 nitrogen and oxygen atoms in total. The van der Waals surface area contributed by atoms with Crippen LogP contribution in [-0.2, 0) is 10.0 Å². The standard InChI is InChI=1S/C21H16N4O5S/c26-18-12-13(10-11-15(18)21(27)28)22-19-20(24-17-9-5-4-8-16(17)23-19)25-31(29,30)14-6-2-1-3-7-14/h1-12,26H,(H,22,23)(H,24,25)(H,27,28). The molecule has 1 heterocycles. The average Bonchev–Trinajstić information content (AvgIpc) is 2.74. The van der Waals surface area contributed by atoms with E-state index in [1.54, 1.807) is 42.5 Å². The molecule has 1 aromatic heterocycles. The lowest BCUT2D eigenvalue weighted by atomic mass is 10.2. The van der Waals surface area contributed by atoms with E-state index in [9.17, 15) is 18.3 Å². The smallest absolute Gasteiger partial charge is 0.339 e. The number of hydrogen-bond donors (Lipinski definition) is 4. The number of aromatic nitrogens is 2. The molecule has 4 rings (SSSR count). The summed E-state index contributed by atoms with van der Waals surface area (Å²) in [5.74, 6) is -1.69. The molecule has 0 aliphatic heterocycles. The second kappa shape index (κ2) is 7.92. The van der Waals surface area contributed by atoms with Gasteiger partial charge in [0.05, 0.1) is 15.9 Å². The number of phenols is 1. The van der Waals surface area contributed by atoms with Crippen molar-refractivity contribution >= 4 is 44.3 Å².